The van der Waals surface area contributed by atoms with Gasteiger partial charge in [-0.2, -0.15) is 15.0 Å². The van der Waals surface area contributed by atoms with Crippen LogP contribution < -0.4 is 21.3 Å². The van der Waals surface area contributed by atoms with E-state index in [1.807, 2.05) is 0 Å². The lowest BCUT2D eigenvalue weighted by Gasteiger charge is -2.08. The van der Waals surface area contributed by atoms with E-state index in [2.05, 4.69) is 56.9 Å². The minimum absolute atomic E-state index is 0.205. The highest BCUT2D eigenvalue weighted by Gasteiger charge is 2.05. The lowest BCUT2D eigenvalue weighted by Crippen LogP contribution is -2.14. The van der Waals surface area contributed by atoms with Gasteiger partial charge in [0.05, 0.1) is 7.11 Å². The summed E-state index contributed by atoms with van der Waals surface area (Å²) in [7, 11) is 1.49. The van der Waals surface area contributed by atoms with Crippen LogP contribution in [0.3, 0.4) is 0 Å². The van der Waals surface area contributed by atoms with Gasteiger partial charge in [0.25, 0.3) is 0 Å². The Hall–Kier alpha value is -2.41. The molecule has 0 bridgehead atoms. The fraction of sp³-hybridized carbons (Fsp3) is 0.308. The molecule has 0 aliphatic rings. The summed E-state index contributed by atoms with van der Waals surface area (Å²) in [6.07, 6.45) is 1.03. The molecule has 0 atom stereocenters. The average molecular weight is 274 g/mol. The molecule has 1 heterocycles. The minimum Gasteiger partial charge on any atom is -0.467 e. The summed E-state index contributed by atoms with van der Waals surface area (Å²) in [6, 6.07) is 8.57. The molecule has 0 fully saturated rings. The Kier molecular flexibility index (Phi) is 4.67. The zero-order valence-electron chi connectivity index (χ0n) is 11.6. The molecule has 2 aromatic rings. The molecule has 0 aliphatic heterocycles. The predicted molar refractivity (Wildman–Crippen MR) is 77.3 cm³/mol. The molecular formula is C13H18N6O. The second-order valence-corrected chi connectivity index (χ2v) is 4.14. The first-order valence-corrected chi connectivity index (χ1v) is 6.33. The van der Waals surface area contributed by atoms with Crippen LogP contribution in [0.5, 0.6) is 6.01 Å². The summed E-state index contributed by atoms with van der Waals surface area (Å²) in [5.74, 6) is 5.95. The van der Waals surface area contributed by atoms with Gasteiger partial charge >= 0.3 is 6.01 Å². The van der Waals surface area contributed by atoms with Crippen molar-refractivity contribution in [1.29, 1.82) is 0 Å². The van der Waals surface area contributed by atoms with Gasteiger partial charge in [-0.05, 0) is 17.5 Å². The largest absolute Gasteiger partial charge is 0.467 e. The zero-order chi connectivity index (χ0) is 14.4. The van der Waals surface area contributed by atoms with Gasteiger partial charge < -0.3 is 10.1 Å². The number of hydrogen-bond donors (Lipinski definition) is 3. The molecule has 0 saturated heterocycles. The number of anilines is 2. The summed E-state index contributed by atoms with van der Waals surface area (Å²) in [4.78, 5) is 12.1. The molecule has 1 aromatic heterocycles. The summed E-state index contributed by atoms with van der Waals surface area (Å²) in [5, 5.41) is 3.11. The molecule has 4 N–H and O–H groups in total. The number of nitrogens with one attached hydrogen (secondary N) is 2. The fourth-order valence-corrected chi connectivity index (χ4v) is 1.67. The number of hydrogen-bond acceptors (Lipinski definition) is 7. The Labute approximate surface area is 117 Å². The molecule has 7 nitrogen and oxygen atoms in total. The van der Waals surface area contributed by atoms with Crippen LogP contribution >= 0.6 is 0 Å². The van der Waals surface area contributed by atoms with Crippen molar-refractivity contribution in [2.75, 3.05) is 17.9 Å². The molecule has 0 aliphatic carbocycles. The molecule has 106 valence electrons. The number of nitrogens with zero attached hydrogens (tertiary/aromatic N) is 3. The fourth-order valence-electron chi connectivity index (χ4n) is 1.67. The van der Waals surface area contributed by atoms with Crippen LogP contribution in [-0.4, -0.2) is 22.1 Å². The molecule has 0 radical (unpaired) electrons. The van der Waals surface area contributed by atoms with Gasteiger partial charge in [0.2, 0.25) is 11.9 Å². The Morgan fingerprint density at radius 3 is 2.30 bits per heavy atom. The lowest BCUT2D eigenvalue weighted by atomic mass is 10.1. The van der Waals surface area contributed by atoms with Crippen molar-refractivity contribution in [1.82, 2.24) is 15.0 Å². The number of methoxy groups -OCH3 is 1. The molecule has 1 aromatic carbocycles. The van der Waals surface area contributed by atoms with Crippen molar-refractivity contribution in [2.24, 2.45) is 5.84 Å². The van der Waals surface area contributed by atoms with Gasteiger partial charge in [0.15, 0.2) is 0 Å². The van der Waals surface area contributed by atoms with Crippen LogP contribution in [-0.2, 0) is 13.0 Å². The molecule has 0 spiro atoms. The maximum Gasteiger partial charge on any atom is 0.322 e. The maximum absolute atomic E-state index is 5.30. The summed E-state index contributed by atoms with van der Waals surface area (Å²) < 4.78 is 4.98. The Bertz CT molecular complexity index is 535. The van der Waals surface area contributed by atoms with Gasteiger partial charge in [-0.3, -0.25) is 5.43 Å². The van der Waals surface area contributed by atoms with Crippen molar-refractivity contribution in [3.05, 3.63) is 35.4 Å². The van der Waals surface area contributed by atoms with Crippen molar-refractivity contribution < 1.29 is 4.74 Å². The second-order valence-electron chi connectivity index (χ2n) is 4.14. The first kappa shape index (κ1) is 14.0. The molecule has 0 unspecified atom stereocenters. The standard InChI is InChI=1S/C13H18N6O/c1-3-9-4-6-10(7-5-9)8-15-11-16-12(19-14)18-13(17-11)20-2/h4-7H,3,8,14H2,1-2H3,(H2,15,16,17,18,19). The van der Waals surface area contributed by atoms with E-state index in [9.17, 15) is 0 Å². The minimum atomic E-state index is 0.205. The van der Waals surface area contributed by atoms with Crippen molar-refractivity contribution in [3.8, 4) is 6.01 Å². The smallest absolute Gasteiger partial charge is 0.322 e. The first-order valence-electron chi connectivity index (χ1n) is 6.33. The molecule has 0 amide bonds. The third-order valence-electron chi connectivity index (χ3n) is 2.81. The second kappa shape index (κ2) is 6.67. The van der Waals surface area contributed by atoms with Crippen LogP contribution in [0.15, 0.2) is 24.3 Å². The predicted octanol–water partition coefficient (Wildman–Crippen LogP) is 1.34. The van der Waals surface area contributed by atoms with E-state index in [1.165, 1.54) is 12.7 Å². The number of ether oxygens (including phenoxy) is 1. The summed E-state index contributed by atoms with van der Waals surface area (Å²) in [6.45, 7) is 2.74. The Morgan fingerprint density at radius 1 is 1.05 bits per heavy atom. The molecule has 2 rings (SSSR count). The molecule has 0 saturated carbocycles. The third-order valence-corrected chi connectivity index (χ3v) is 2.81. The topological polar surface area (TPSA) is 98.0 Å². The van der Waals surface area contributed by atoms with E-state index >= 15 is 0 Å². The van der Waals surface area contributed by atoms with E-state index in [-0.39, 0.29) is 12.0 Å². The number of nitrogen functional groups attached to an aromatic ring is 1. The number of hydrazine groups is 1. The van der Waals surface area contributed by atoms with E-state index in [4.69, 9.17) is 10.6 Å². The van der Waals surface area contributed by atoms with E-state index in [0.717, 1.165) is 12.0 Å². The van der Waals surface area contributed by atoms with Gasteiger partial charge in [-0.25, -0.2) is 5.84 Å². The van der Waals surface area contributed by atoms with Crippen LogP contribution in [0.2, 0.25) is 0 Å². The van der Waals surface area contributed by atoms with E-state index in [0.29, 0.717) is 12.5 Å². The van der Waals surface area contributed by atoms with Crippen LogP contribution in [0, 0.1) is 0 Å². The normalized spacial score (nSPS) is 10.2. The van der Waals surface area contributed by atoms with E-state index in [1.54, 1.807) is 0 Å². The number of benzene rings is 1. The highest BCUT2D eigenvalue weighted by Crippen LogP contribution is 2.11. The van der Waals surface area contributed by atoms with Gasteiger partial charge in [0.1, 0.15) is 0 Å². The Morgan fingerprint density at radius 2 is 1.70 bits per heavy atom. The highest BCUT2D eigenvalue weighted by atomic mass is 16.5. The summed E-state index contributed by atoms with van der Waals surface area (Å²) >= 11 is 0. The molecule has 20 heavy (non-hydrogen) atoms. The SMILES string of the molecule is CCc1ccc(CNc2nc(NN)nc(OC)n2)cc1. The number of nitrogens with two attached hydrogens (primary N) is 1. The zero-order valence-corrected chi connectivity index (χ0v) is 11.6. The van der Waals surface area contributed by atoms with Gasteiger partial charge in [-0.15, -0.1) is 0 Å². The Balaban J connectivity index is 2.05. The summed E-state index contributed by atoms with van der Waals surface area (Å²) in [5.41, 5.74) is 4.83. The van der Waals surface area contributed by atoms with Crippen LogP contribution in [0.4, 0.5) is 11.9 Å². The monoisotopic (exact) mass is 274 g/mol. The van der Waals surface area contributed by atoms with Crippen molar-refractivity contribution in [3.63, 3.8) is 0 Å². The average Bonchev–Trinajstić information content (AvgIpc) is 2.53. The molecular weight excluding hydrogens is 256 g/mol. The van der Waals surface area contributed by atoms with Crippen LogP contribution in [0.1, 0.15) is 18.1 Å². The van der Waals surface area contributed by atoms with Crippen LogP contribution in [0.25, 0.3) is 0 Å². The maximum atomic E-state index is 5.30. The number of aromatic nitrogens is 3. The highest BCUT2D eigenvalue weighted by molar-refractivity contribution is 5.36. The first-order chi connectivity index (χ1) is 9.75. The quantitative estimate of drug-likeness (QED) is 0.540. The lowest BCUT2D eigenvalue weighted by molar-refractivity contribution is 0.379. The van der Waals surface area contributed by atoms with E-state index < -0.39 is 0 Å². The molecule has 7 heteroatoms. The van der Waals surface area contributed by atoms with Crippen molar-refractivity contribution >= 4 is 11.9 Å². The van der Waals surface area contributed by atoms with Crippen molar-refractivity contribution in [2.45, 2.75) is 19.9 Å². The third kappa shape index (κ3) is 3.55. The van der Waals surface area contributed by atoms with Gasteiger partial charge in [-0.1, -0.05) is 31.2 Å². The number of rotatable bonds is 6. The number of aryl methyl sites for hydroxylation is 1. The van der Waals surface area contributed by atoms with Gasteiger partial charge in [0, 0.05) is 6.54 Å².